The molecule has 0 aliphatic carbocycles. The van der Waals surface area contributed by atoms with E-state index >= 15 is 0 Å². The summed E-state index contributed by atoms with van der Waals surface area (Å²) in [5.41, 5.74) is 0. The van der Waals surface area contributed by atoms with Gasteiger partial charge in [0.2, 0.25) is 0 Å². The van der Waals surface area contributed by atoms with Crippen LogP contribution in [0.2, 0.25) is 0 Å². The highest BCUT2D eigenvalue weighted by atomic mass is 79.9. The highest BCUT2D eigenvalue weighted by Gasteiger charge is 1.83. The van der Waals surface area contributed by atoms with E-state index in [0.717, 1.165) is 12.8 Å². The number of allylic oxidation sites excluding steroid dienone is 1. The molecule has 0 heterocycles. The molecule has 0 N–H and O–H groups in total. The van der Waals surface area contributed by atoms with E-state index in [1.54, 1.807) is 0 Å². The molecular weight excluding hydrogens is 220 g/mol. The average Bonchev–Trinajstić information content (AvgIpc) is 1.68. The minimum Gasteiger partial charge on any atom is -0.0586 e. The van der Waals surface area contributed by atoms with Crippen LogP contribution < -0.4 is 0 Å². The van der Waals surface area contributed by atoms with Crippen LogP contribution in [0.1, 0.15) is 12.8 Å². The average molecular weight is 227 g/mol. The van der Waals surface area contributed by atoms with Crippen LogP contribution in [0.15, 0.2) is 9.47 Å². The third kappa shape index (κ3) is 4.56. The van der Waals surface area contributed by atoms with Gasteiger partial charge in [0.15, 0.2) is 0 Å². The van der Waals surface area contributed by atoms with E-state index in [0.29, 0.717) is 0 Å². The molecule has 0 nitrogen and oxygen atoms in total. The highest BCUT2D eigenvalue weighted by molar-refractivity contribution is 9.14. The van der Waals surface area contributed by atoms with Gasteiger partial charge < -0.3 is 0 Å². The molecule has 0 spiro atoms. The van der Waals surface area contributed by atoms with Crippen LogP contribution in [0, 0.1) is 6.92 Å². The second-order valence-electron chi connectivity index (χ2n) is 1.16. The van der Waals surface area contributed by atoms with E-state index in [-0.39, 0.29) is 0 Å². The Bertz CT molecular complexity index is 66.5. The lowest BCUT2D eigenvalue weighted by Crippen LogP contribution is -1.64. The van der Waals surface area contributed by atoms with Crippen LogP contribution in [0.5, 0.6) is 0 Å². The van der Waals surface area contributed by atoms with Crippen LogP contribution >= 0.6 is 31.9 Å². The van der Waals surface area contributed by atoms with E-state index in [9.17, 15) is 0 Å². The van der Waals surface area contributed by atoms with E-state index in [2.05, 4.69) is 38.8 Å². The van der Waals surface area contributed by atoms with Crippen LogP contribution in [0.3, 0.4) is 0 Å². The van der Waals surface area contributed by atoms with E-state index in [1.807, 2.05) is 4.99 Å². The molecule has 0 rings (SSSR count). The van der Waals surface area contributed by atoms with Crippen LogP contribution in [-0.4, -0.2) is 0 Å². The van der Waals surface area contributed by atoms with Crippen molar-refractivity contribution in [2.45, 2.75) is 12.8 Å². The van der Waals surface area contributed by atoms with Gasteiger partial charge in [0.05, 0.1) is 0 Å². The van der Waals surface area contributed by atoms with E-state index in [1.165, 1.54) is 4.48 Å². The van der Waals surface area contributed by atoms with Gasteiger partial charge in [-0.05, 0) is 17.8 Å². The summed E-state index contributed by atoms with van der Waals surface area (Å²) < 4.78 is 1.17. The standard InChI is InChI=1S/C5H7Br2/c1-2-3-5(7)4-6/h4H,1-3H2. The zero-order valence-electron chi connectivity index (χ0n) is 3.95. The molecule has 41 valence electrons. The molecular formula is C5H7Br2. The fourth-order valence-corrected chi connectivity index (χ4v) is 0.733. The Hall–Kier alpha value is 0.700. The maximum Gasteiger partial charge on any atom is 0.00197 e. The van der Waals surface area contributed by atoms with E-state index in [4.69, 9.17) is 0 Å². The van der Waals surface area contributed by atoms with Crippen LogP contribution in [-0.2, 0) is 0 Å². The summed E-state index contributed by atoms with van der Waals surface area (Å²) in [7, 11) is 0. The number of hydrogen-bond donors (Lipinski definition) is 0. The Labute approximate surface area is 61.2 Å². The molecule has 0 aliphatic heterocycles. The Kier molecular flexibility index (Phi) is 5.33. The zero-order valence-corrected chi connectivity index (χ0v) is 7.13. The Balaban J connectivity index is 3.17. The molecule has 1 radical (unpaired) electrons. The quantitative estimate of drug-likeness (QED) is 0.679. The second kappa shape index (κ2) is 4.85. The van der Waals surface area contributed by atoms with Crippen molar-refractivity contribution in [3.63, 3.8) is 0 Å². The molecule has 0 amide bonds. The summed E-state index contributed by atoms with van der Waals surface area (Å²) in [6, 6.07) is 0. The monoisotopic (exact) mass is 225 g/mol. The lowest BCUT2D eigenvalue weighted by molar-refractivity contribution is 1.04. The molecule has 0 aliphatic rings. The van der Waals surface area contributed by atoms with Crippen molar-refractivity contribution >= 4 is 31.9 Å². The molecule has 0 atom stereocenters. The van der Waals surface area contributed by atoms with Crippen molar-refractivity contribution in [2.24, 2.45) is 0 Å². The minimum atomic E-state index is 0.947. The molecule has 7 heavy (non-hydrogen) atoms. The van der Waals surface area contributed by atoms with Gasteiger partial charge in [0, 0.05) is 4.48 Å². The van der Waals surface area contributed by atoms with Crippen molar-refractivity contribution in [3.8, 4) is 0 Å². The third-order valence-electron chi connectivity index (χ3n) is 0.534. The first-order chi connectivity index (χ1) is 3.31. The number of halogens is 2. The first-order valence-electron chi connectivity index (χ1n) is 2.05. The lowest BCUT2D eigenvalue weighted by Gasteiger charge is -1.87. The van der Waals surface area contributed by atoms with Crippen molar-refractivity contribution in [1.29, 1.82) is 0 Å². The summed E-state index contributed by atoms with van der Waals surface area (Å²) in [4.78, 5) is 1.86. The first-order valence-corrected chi connectivity index (χ1v) is 3.76. The minimum absolute atomic E-state index is 0.947. The largest absolute Gasteiger partial charge is 0.0586 e. The number of rotatable bonds is 2. The van der Waals surface area contributed by atoms with Crippen LogP contribution in [0.25, 0.3) is 0 Å². The maximum atomic E-state index is 3.68. The van der Waals surface area contributed by atoms with Gasteiger partial charge in [-0.15, -0.1) is 0 Å². The molecule has 0 saturated carbocycles. The summed E-state index contributed by atoms with van der Waals surface area (Å²) in [5.74, 6) is 0. The van der Waals surface area contributed by atoms with Crippen LogP contribution in [0.4, 0.5) is 0 Å². The Morgan fingerprint density at radius 1 is 1.71 bits per heavy atom. The van der Waals surface area contributed by atoms with Crippen molar-refractivity contribution in [3.05, 3.63) is 16.4 Å². The Morgan fingerprint density at radius 3 is 2.43 bits per heavy atom. The van der Waals surface area contributed by atoms with Gasteiger partial charge in [-0.2, -0.15) is 0 Å². The number of hydrogen-bond acceptors (Lipinski definition) is 0. The van der Waals surface area contributed by atoms with Crippen molar-refractivity contribution < 1.29 is 0 Å². The smallest absolute Gasteiger partial charge is 0.00197 e. The zero-order chi connectivity index (χ0) is 5.70. The molecule has 0 fully saturated rings. The maximum absolute atomic E-state index is 3.68. The van der Waals surface area contributed by atoms with Gasteiger partial charge in [-0.3, -0.25) is 0 Å². The molecule has 0 saturated heterocycles. The second-order valence-corrected chi connectivity index (χ2v) is 2.64. The van der Waals surface area contributed by atoms with Crippen molar-refractivity contribution in [1.82, 2.24) is 0 Å². The Morgan fingerprint density at radius 2 is 2.29 bits per heavy atom. The topological polar surface area (TPSA) is 0 Å². The predicted octanol–water partition coefficient (Wildman–Crippen LogP) is 3.23. The van der Waals surface area contributed by atoms with E-state index < -0.39 is 0 Å². The summed E-state index contributed by atoms with van der Waals surface area (Å²) in [5, 5.41) is 0. The van der Waals surface area contributed by atoms with Gasteiger partial charge in [-0.25, -0.2) is 0 Å². The summed E-state index contributed by atoms with van der Waals surface area (Å²) in [6.07, 6.45) is 1.97. The molecule has 0 aromatic rings. The molecule has 0 aromatic heterocycles. The molecule has 2 heteroatoms. The first kappa shape index (κ1) is 7.70. The molecule has 0 bridgehead atoms. The summed E-state index contributed by atoms with van der Waals surface area (Å²) >= 11 is 6.49. The lowest BCUT2D eigenvalue weighted by atomic mass is 10.3. The van der Waals surface area contributed by atoms with Gasteiger partial charge in [0.25, 0.3) is 0 Å². The summed E-state index contributed by atoms with van der Waals surface area (Å²) in [6.45, 7) is 3.68. The highest BCUT2D eigenvalue weighted by Crippen LogP contribution is 2.13. The molecule has 0 aromatic carbocycles. The fourth-order valence-electron chi connectivity index (χ4n) is 0.223. The van der Waals surface area contributed by atoms with Gasteiger partial charge >= 0.3 is 0 Å². The fraction of sp³-hybridized carbons (Fsp3) is 0.400. The van der Waals surface area contributed by atoms with Crippen molar-refractivity contribution in [2.75, 3.05) is 0 Å². The van der Waals surface area contributed by atoms with Gasteiger partial charge in [0.1, 0.15) is 0 Å². The normalized spacial score (nSPS) is 12.1. The molecule has 0 unspecified atom stereocenters. The predicted molar refractivity (Wildman–Crippen MR) is 40.5 cm³/mol. The SMILES string of the molecule is [CH2]CCC(Br)=CBr. The third-order valence-corrected chi connectivity index (χ3v) is 2.33. The van der Waals surface area contributed by atoms with Gasteiger partial charge in [-0.1, -0.05) is 38.8 Å².